The highest BCUT2D eigenvalue weighted by Gasteiger charge is 2.17. The molecule has 0 aromatic heterocycles. The first-order valence-corrected chi connectivity index (χ1v) is 5.25. The summed E-state index contributed by atoms with van der Waals surface area (Å²) in [4.78, 5) is 0. The first-order valence-electron chi connectivity index (χ1n) is 5.25. The number of ether oxygens (including phenoxy) is 3. The van der Waals surface area contributed by atoms with Gasteiger partial charge in [0.1, 0.15) is 13.2 Å². The smallest absolute Gasteiger partial charge is 0.203 e. The molecule has 0 N–H and O–H groups in total. The molecule has 2 rings (SSSR count). The zero-order chi connectivity index (χ0) is 11.4. The molecule has 3 nitrogen and oxygen atoms in total. The van der Waals surface area contributed by atoms with Gasteiger partial charge in [-0.1, -0.05) is 0 Å². The molecule has 1 aromatic carbocycles. The van der Waals surface area contributed by atoms with E-state index in [0.29, 0.717) is 31.1 Å². The highest BCUT2D eigenvalue weighted by atomic mass is 16.6. The maximum absolute atomic E-state index is 5.53. The van der Waals surface area contributed by atoms with Gasteiger partial charge in [0.15, 0.2) is 11.5 Å². The van der Waals surface area contributed by atoms with Crippen molar-refractivity contribution < 1.29 is 14.2 Å². The van der Waals surface area contributed by atoms with Crippen molar-refractivity contribution >= 4 is 0 Å². The van der Waals surface area contributed by atoms with E-state index < -0.39 is 0 Å². The summed E-state index contributed by atoms with van der Waals surface area (Å²) in [5, 5.41) is 0. The Kier molecular flexibility index (Phi) is 3.21. The molecule has 0 unspecified atom stereocenters. The number of benzene rings is 1. The van der Waals surface area contributed by atoms with Gasteiger partial charge in [-0.2, -0.15) is 0 Å². The Morgan fingerprint density at radius 1 is 1.38 bits per heavy atom. The summed E-state index contributed by atoms with van der Waals surface area (Å²) in [6, 6.07) is 3.92. The Hall–Kier alpha value is -1.82. The molecule has 3 heteroatoms. The van der Waals surface area contributed by atoms with E-state index >= 15 is 0 Å². The fourth-order valence-electron chi connectivity index (χ4n) is 1.69. The molecule has 1 heterocycles. The summed E-state index contributed by atoms with van der Waals surface area (Å²) in [6.45, 7) is 1.14. The van der Waals surface area contributed by atoms with E-state index in [4.69, 9.17) is 20.6 Å². The van der Waals surface area contributed by atoms with Crippen LogP contribution in [0.25, 0.3) is 0 Å². The van der Waals surface area contributed by atoms with Crippen LogP contribution in [-0.2, 0) is 6.42 Å². The van der Waals surface area contributed by atoms with E-state index in [9.17, 15) is 0 Å². The normalized spacial score (nSPS) is 13.0. The third-order valence-electron chi connectivity index (χ3n) is 2.45. The maximum Gasteiger partial charge on any atom is 0.203 e. The third-order valence-corrected chi connectivity index (χ3v) is 2.45. The molecular weight excluding hydrogens is 204 g/mol. The average molecular weight is 218 g/mol. The monoisotopic (exact) mass is 218 g/mol. The van der Waals surface area contributed by atoms with Crippen LogP contribution < -0.4 is 14.2 Å². The lowest BCUT2D eigenvalue weighted by atomic mass is 10.1. The van der Waals surface area contributed by atoms with Crippen LogP contribution in [0.2, 0.25) is 0 Å². The van der Waals surface area contributed by atoms with Crippen LogP contribution >= 0.6 is 0 Å². The second-order valence-corrected chi connectivity index (χ2v) is 3.53. The van der Waals surface area contributed by atoms with E-state index in [-0.39, 0.29) is 0 Å². The van der Waals surface area contributed by atoms with E-state index in [1.54, 1.807) is 7.11 Å². The van der Waals surface area contributed by atoms with Crippen molar-refractivity contribution in [3.8, 4) is 29.6 Å². The molecule has 0 fully saturated rings. The lowest BCUT2D eigenvalue weighted by Crippen LogP contribution is -2.16. The number of methoxy groups -OCH3 is 1. The zero-order valence-electron chi connectivity index (χ0n) is 9.29. The van der Waals surface area contributed by atoms with Crippen LogP contribution in [0.5, 0.6) is 17.2 Å². The fraction of sp³-hybridized carbons (Fsp3) is 0.385. The highest BCUT2D eigenvalue weighted by molar-refractivity contribution is 5.54. The molecule has 84 valence electrons. The van der Waals surface area contributed by atoms with Crippen LogP contribution in [0.1, 0.15) is 12.0 Å². The molecule has 0 radical (unpaired) electrons. The third kappa shape index (κ3) is 2.06. The quantitative estimate of drug-likeness (QED) is 0.726. The summed E-state index contributed by atoms with van der Waals surface area (Å²) in [5.41, 5.74) is 1.11. The van der Waals surface area contributed by atoms with Gasteiger partial charge in [0.25, 0.3) is 0 Å². The molecule has 1 aromatic rings. The second kappa shape index (κ2) is 4.80. The van der Waals surface area contributed by atoms with Crippen molar-refractivity contribution in [3.05, 3.63) is 17.7 Å². The van der Waals surface area contributed by atoms with Gasteiger partial charge in [-0.3, -0.25) is 0 Å². The molecule has 0 spiro atoms. The second-order valence-electron chi connectivity index (χ2n) is 3.53. The summed E-state index contributed by atoms with van der Waals surface area (Å²) in [5.74, 6) is 4.77. The van der Waals surface area contributed by atoms with Gasteiger partial charge >= 0.3 is 0 Å². The van der Waals surface area contributed by atoms with Crippen molar-refractivity contribution in [3.63, 3.8) is 0 Å². The standard InChI is InChI=1S/C13H14O3/c1-3-4-5-10-8-11(14-2)13-12(9-10)15-6-7-16-13/h1,8-9H,4-7H2,2H3. The Balaban J connectivity index is 2.32. The lowest BCUT2D eigenvalue weighted by Gasteiger charge is -2.21. The van der Waals surface area contributed by atoms with Crippen LogP contribution in [-0.4, -0.2) is 20.3 Å². The first-order chi connectivity index (χ1) is 7.85. The molecule has 0 amide bonds. The largest absolute Gasteiger partial charge is 0.493 e. The molecule has 0 saturated heterocycles. The topological polar surface area (TPSA) is 27.7 Å². The lowest BCUT2D eigenvalue weighted by molar-refractivity contribution is 0.165. The van der Waals surface area contributed by atoms with Crippen molar-refractivity contribution in [2.24, 2.45) is 0 Å². The molecule has 16 heavy (non-hydrogen) atoms. The average Bonchev–Trinajstić information content (AvgIpc) is 2.35. The van der Waals surface area contributed by atoms with Gasteiger partial charge in [-0.15, -0.1) is 12.3 Å². The SMILES string of the molecule is C#CCCc1cc(OC)c2c(c1)OCCO2. The Morgan fingerprint density at radius 2 is 2.19 bits per heavy atom. The number of aryl methyl sites for hydroxylation is 1. The predicted molar refractivity (Wildman–Crippen MR) is 61.1 cm³/mol. The van der Waals surface area contributed by atoms with Gasteiger partial charge in [-0.05, 0) is 24.1 Å². The van der Waals surface area contributed by atoms with Gasteiger partial charge in [0, 0.05) is 6.42 Å². The minimum atomic E-state index is 0.563. The fourth-order valence-corrected chi connectivity index (χ4v) is 1.69. The minimum Gasteiger partial charge on any atom is -0.493 e. The predicted octanol–water partition coefficient (Wildman–Crippen LogP) is 2.03. The molecule has 0 atom stereocenters. The molecule has 1 aliphatic rings. The Bertz CT molecular complexity index is 401. The van der Waals surface area contributed by atoms with Crippen LogP contribution in [0.15, 0.2) is 12.1 Å². The van der Waals surface area contributed by atoms with Gasteiger partial charge in [0.2, 0.25) is 5.75 Å². The van der Waals surface area contributed by atoms with E-state index in [0.717, 1.165) is 17.7 Å². The van der Waals surface area contributed by atoms with Crippen molar-refractivity contribution in [2.45, 2.75) is 12.8 Å². The van der Waals surface area contributed by atoms with E-state index in [1.165, 1.54) is 0 Å². The summed E-state index contributed by atoms with van der Waals surface area (Å²) in [7, 11) is 1.62. The van der Waals surface area contributed by atoms with Crippen LogP contribution in [0.3, 0.4) is 0 Å². The van der Waals surface area contributed by atoms with Gasteiger partial charge in [0.05, 0.1) is 7.11 Å². The Morgan fingerprint density at radius 3 is 2.94 bits per heavy atom. The van der Waals surface area contributed by atoms with Gasteiger partial charge < -0.3 is 14.2 Å². The number of hydrogen-bond acceptors (Lipinski definition) is 3. The van der Waals surface area contributed by atoms with Crippen molar-refractivity contribution in [1.82, 2.24) is 0 Å². The molecule has 0 saturated carbocycles. The van der Waals surface area contributed by atoms with Crippen LogP contribution in [0.4, 0.5) is 0 Å². The molecule has 1 aliphatic heterocycles. The number of hydrogen-bond donors (Lipinski definition) is 0. The highest BCUT2D eigenvalue weighted by Crippen LogP contribution is 2.40. The summed E-state index contributed by atoms with van der Waals surface area (Å²) in [6.07, 6.45) is 6.78. The zero-order valence-corrected chi connectivity index (χ0v) is 9.29. The van der Waals surface area contributed by atoms with Crippen molar-refractivity contribution in [2.75, 3.05) is 20.3 Å². The number of terminal acetylenes is 1. The first kappa shape index (κ1) is 10.7. The summed E-state index contributed by atoms with van der Waals surface area (Å²) < 4.78 is 16.3. The molecular formula is C13H14O3. The molecule has 0 aliphatic carbocycles. The van der Waals surface area contributed by atoms with E-state index in [1.807, 2.05) is 12.1 Å². The minimum absolute atomic E-state index is 0.563. The summed E-state index contributed by atoms with van der Waals surface area (Å²) >= 11 is 0. The van der Waals surface area contributed by atoms with E-state index in [2.05, 4.69) is 5.92 Å². The molecule has 0 bridgehead atoms. The van der Waals surface area contributed by atoms with Gasteiger partial charge in [-0.25, -0.2) is 0 Å². The van der Waals surface area contributed by atoms with Crippen molar-refractivity contribution in [1.29, 1.82) is 0 Å². The maximum atomic E-state index is 5.53. The van der Waals surface area contributed by atoms with Crippen LogP contribution in [0, 0.1) is 12.3 Å². The number of fused-ring (bicyclic) bond motifs is 1. The Labute approximate surface area is 95.3 Å². The number of rotatable bonds is 3.